The molecule has 2 aliphatic rings. The van der Waals surface area contributed by atoms with Crippen LogP contribution >= 0.6 is 15.9 Å². The van der Waals surface area contributed by atoms with Gasteiger partial charge in [-0.25, -0.2) is 8.78 Å². The van der Waals surface area contributed by atoms with Gasteiger partial charge in [0.1, 0.15) is 0 Å². The van der Waals surface area contributed by atoms with Crippen molar-refractivity contribution < 1.29 is 13.6 Å². The van der Waals surface area contributed by atoms with Gasteiger partial charge in [-0.1, -0.05) is 15.9 Å². The van der Waals surface area contributed by atoms with Crippen LogP contribution in [0.3, 0.4) is 0 Å². The Morgan fingerprint density at radius 3 is 2.71 bits per heavy atom. The zero-order chi connectivity index (χ0) is 15.0. The number of pyridine rings is 1. The van der Waals surface area contributed by atoms with Crippen LogP contribution in [0.25, 0.3) is 10.9 Å². The lowest BCUT2D eigenvalue weighted by atomic mass is 9.62. The van der Waals surface area contributed by atoms with E-state index in [9.17, 15) is 13.6 Å². The molecule has 108 valence electrons. The van der Waals surface area contributed by atoms with Gasteiger partial charge in [0.2, 0.25) is 5.91 Å². The summed E-state index contributed by atoms with van der Waals surface area (Å²) in [6.45, 7) is 0. The number of alkyl halides is 2. The molecule has 3 nitrogen and oxygen atoms in total. The van der Waals surface area contributed by atoms with Gasteiger partial charge in [0.05, 0.1) is 22.8 Å². The fourth-order valence-electron chi connectivity index (χ4n) is 3.61. The topological polar surface area (TPSA) is 33.2 Å². The van der Waals surface area contributed by atoms with Crippen molar-refractivity contribution in [2.45, 2.75) is 24.2 Å². The minimum atomic E-state index is -2.76. The van der Waals surface area contributed by atoms with Crippen molar-refractivity contribution in [2.24, 2.45) is 0 Å². The first-order chi connectivity index (χ1) is 9.84. The molecular weight excluding hydrogens is 342 g/mol. The summed E-state index contributed by atoms with van der Waals surface area (Å²) in [5.74, 6) is -3.02. The molecule has 1 aromatic carbocycles. The first-order valence-corrected chi connectivity index (χ1v) is 7.38. The summed E-state index contributed by atoms with van der Waals surface area (Å²) in [4.78, 5) is 18.3. The van der Waals surface area contributed by atoms with Crippen molar-refractivity contribution in [1.82, 2.24) is 4.98 Å². The standard InChI is InChI=1S/C15H11BrF2N2O/c1-20-11-5-19-10-3-2-8(16)4-9(10)12(11)14(13(20)21)6-15(17,18)7-14/h2-5H,6-7H2,1H3. The van der Waals surface area contributed by atoms with Crippen molar-refractivity contribution >= 4 is 38.4 Å². The quantitative estimate of drug-likeness (QED) is 0.725. The summed E-state index contributed by atoms with van der Waals surface area (Å²) >= 11 is 3.40. The van der Waals surface area contributed by atoms with E-state index in [1.165, 1.54) is 4.90 Å². The molecule has 1 spiro atoms. The number of nitrogens with zero attached hydrogens (tertiary/aromatic N) is 2. The van der Waals surface area contributed by atoms with Gasteiger partial charge in [-0.05, 0) is 18.2 Å². The zero-order valence-electron chi connectivity index (χ0n) is 11.2. The SMILES string of the molecule is CN1C(=O)C2(CC(F)(F)C2)c2c1cnc1ccc(Br)cc21. The molecule has 1 fully saturated rings. The lowest BCUT2D eigenvalue weighted by Gasteiger charge is -2.43. The first kappa shape index (κ1) is 13.1. The van der Waals surface area contributed by atoms with E-state index in [0.717, 1.165) is 15.4 Å². The molecule has 1 amide bonds. The van der Waals surface area contributed by atoms with E-state index in [4.69, 9.17) is 0 Å². The number of halogens is 3. The highest BCUT2D eigenvalue weighted by Gasteiger charge is 2.66. The van der Waals surface area contributed by atoms with E-state index in [0.29, 0.717) is 11.3 Å². The Balaban J connectivity index is 2.05. The second kappa shape index (κ2) is 3.80. The maximum absolute atomic E-state index is 13.5. The Bertz CT molecular complexity index is 798. The number of amides is 1. The van der Waals surface area contributed by atoms with Gasteiger partial charge in [0, 0.05) is 35.3 Å². The first-order valence-electron chi connectivity index (χ1n) is 6.59. The van der Waals surface area contributed by atoms with Gasteiger partial charge in [0.15, 0.2) is 0 Å². The number of fused-ring (bicyclic) bond motifs is 4. The van der Waals surface area contributed by atoms with Crippen LogP contribution in [0.5, 0.6) is 0 Å². The molecule has 0 saturated heterocycles. The third-order valence-corrected chi connectivity index (χ3v) is 4.98. The molecule has 21 heavy (non-hydrogen) atoms. The lowest BCUT2D eigenvalue weighted by Crippen LogP contribution is -2.54. The van der Waals surface area contributed by atoms with Crippen LogP contribution in [0.2, 0.25) is 0 Å². The number of hydrogen-bond donors (Lipinski definition) is 0. The summed E-state index contributed by atoms with van der Waals surface area (Å²) in [5, 5.41) is 0.773. The Hall–Kier alpha value is -1.56. The fourth-order valence-corrected chi connectivity index (χ4v) is 3.97. The van der Waals surface area contributed by atoms with Crippen LogP contribution in [-0.4, -0.2) is 23.9 Å². The molecule has 0 unspecified atom stereocenters. The molecular formula is C15H11BrF2N2O. The molecule has 0 radical (unpaired) electrons. The molecule has 0 N–H and O–H groups in total. The van der Waals surface area contributed by atoms with Crippen LogP contribution in [0.4, 0.5) is 14.5 Å². The maximum atomic E-state index is 13.5. The largest absolute Gasteiger partial charge is 0.313 e. The van der Waals surface area contributed by atoms with Crippen molar-refractivity contribution in [3.05, 3.63) is 34.4 Å². The van der Waals surface area contributed by atoms with Crippen molar-refractivity contribution in [1.29, 1.82) is 0 Å². The van der Waals surface area contributed by atoms with Crippen LogP contribution in [0.15, 0.2) is 28.9 Å². The number of anilines is 1. The average molecular weight is 353 g/mol. The van der Waals surface area contributed by atoms with E-state index >= 15 is 0 Å². The van der Waals surface area contributed by atoms with Gasteiger partial charge < -0.3 is 4.90 Å². The Labute approximate surface area is 128 Å². The number of hydrogen-bond acceptors (Lipinski definition) is 2. The summed E-state index contributed by atoms with van der Waals surface area (Å²) in [6.07, 6.45) is 0.776. The monoisotopic (exact) mass is 352 g/mol. The number of benzene rings is 1. The van der Waals surface area contributed by atoms with Crippen molar-refractivity contribution in [2.75, 3.05) is 11.9 Å². The van der Waals surface area contributed by atoms with Crippen molar-refractivity contribution in [3.8, 4) is 0 Å². The van der Waals surface area contributed by atoms with Gasteiger partial charge >= 0.3 is 0 Å². The summed E-state index contributed by atoms with van der Waals surface area (Å²) in [7, 11) is 1.62. The molecule has 1 aliphatic carbocycles. The van der Waals surface area contributed by atoms with E-state index < -0.39 is 24.2 Å². The molecule has 2 aromatic rings. The number of aromatic nitrogens is 1. The minimum absolute atomic E-state index is 0.252. The number of carbonyl (C=O) groups excluding carboxylic acids is 1. The summed E-state index contributed by atoms with van der Waals surface area (Å²) < 4.78 is 27.9. The molecule has 0 bridgehead atoms. The van der Waals surface area contributed by atoms with Crippen LogP contribution in [0, 0.1) is 0 Å². The molecule has 1 aliphatic heterocycles. The van der Waals surface area contributed by atoms with E-state index in [1.807, 2.05) is 18.2 Å². The molecule has 6 heteroatoms. The normalized spacial score (nSPS) is 21.7. The number of rotatable bonds is 0. The molecule has 0 atom stereocenters. The number of carbonyl (C=O) groups is 1. The average Bonchev–Trinajstić information content (AvgIpc) is 2.60. The fraction of sp³-hybridized carbons (Fsp3) is 0.333. The van der Waals surface area contributed by atoms with Crippen LogP contribution < -0.4 is 4.90 Å². The summed E-state index contributed by atoms with van der Waals surface area (Å²) in [6, 6.07) is 5.53. The van der Waals surface area contributed by atoms with E-state index in [1.54, 1.807) is 13.2 Å². The predicted molar refractivity (Wildman–Crippen MR) is 78.7 cm³/mol. The van der Waals surface area contributed by atoms with Gasteiger partial charge in [-0.3, -0.25) is 9.78 Å². The Kier molecular flexibility index (Phi) is 2.37. The highest BCUT2D eigenvalue weighted by Crippen LogP contribution is 2.60. The Morgan fingerprint density at radius 1 is 1.33 bits per heavy atom. The highest BCUT2D eigenvalue weighted by atomic mass is 79.9. The second-order valence-corrected chi connectivity index (χ2v) is 6.75. The molecule has 4 rings (SSSR count). The third-order valence-electron chi connectivity index (χ3n) is 4.48. The van der Waals surface area contributed by atoms with Gasteiger partial charge in [-0.2, -0.15) is 0 Å². The zero-order valence-corrected chi connectivity index (χ0v) is 12.7. The van der Waals surface area contributed by atoms with E-state index in [-0.39, 0.29) is 5.91 Å². The lowest BCUT2D eigenvalue weighted by molar-refractivity contribution is -0.153. The molecule has 2 heterocycles. The van der Waals surface area contributed by atoms with E-state index in [2.05, 4.69) is 20.9 Å². The second-order valence-electron chi connectivity index (χ2n) is 5.84. The third kappa shape index (κ3) is 1.56. The highest BCUT2D eigenvalue weighted by molar-refractivity contribution is 9.10. The van der Waals surface area contributed by atoms with Gasteiger partial charge in [0.25, 0.3) is 5.92 Å². The predicted octanol–water partition coefficient (Wildman–Crippen LogP) is 3.64. The number of likely N-dealkylation sites (N-methyl/N-ethyl adjacent to an activating group) is 1. The maximum Gasteiger partial charge on any atom is 0.250 e. The molecule has 1 saturated carbocycles. The van der Waals surface area contributed by atoms with Crippen LogP contribution in [0.1, 0.15) is 18.4 Å². The van der Waals surface area contributed by atoms with Crippen LogP contribution in [-0.2, 0) is 10.2 Å². The summed E-state index contributed by atoms with van der Waals surface area (Å²) in [5.41, 5.74) is 0.971. The Morgan fingerprint density at radius 2 is 2.05 bits per heavy atom. The van der Waals surface area contributed by atoms with Crippen molar-refractivity contribution in [3.63, 3.8) is 0 Å². The minimum Gasteiger partial charge on any atom is -0.313 e. The molecule has 1 aromatic heterocycles. The smallest absolute Gasteiger partial charge is 0.250 e. The van der Waals surface area contributed by atoms with Gasteiger partial charge in [-0.15, -0.1) is 0 Å².